The standard InChI is InChI=1S/C12H11FN4O2/c13-9-4-2-1-3-8(9)7-15-12-10(17(18)19)5-6-11(14)16-12/h1-6H,7H2,(H3,14,15,16). The highest BCUT2D eigenvalue weighted by molar-refractivity contribution is 5.59. The lowest BCUT2D eigenvalue weighted by Crippen LogP contribution is -2.07. The lowest BCUT2D eigenvalue weighted by molar-refractivity contribution is -0.384. The number of nitrogens with two attached hydrogens (primary N) is 1. The van der Waals surface area contributed by atoms with E-state index in [-0.39, 0.29) is 29.7 Å². The molecule has 2 aromatic rings. The Morgan fingerprint density at radius 1 is 1.32 bits per heavy atom. The molecule has 0 radical (unpaired) electrons. The monoisotopic (exact) mass is 262 g/mol. The molecular weight excluding hydrogens is 251 g/mol. The Hall–Kier alpha value is -2.70. The summed E-state index contributed by atoms with van der Waals surface area (Å²) in [5.74, 6) is -0.212. The number of hydrogen-bond acceptors (Lipinski definition) is 5. The van der Waals surface area contributed by atoms with Crippen molar-refractivity contribution in [2.45, 2.75) is 6.54 Å². The molecule has 0 amide bonds. The Kier molecular flexibility index (Phi) is 3.56. The van der Waals surface area contributed by atoms with Gasteiger partial charge in [0.2, 0.25) is 5.82 Å². The van der Waals surface area contributed by atoms with Crippen molar-refractivity contribution in [3.63, 3.8) is 0 Å². The first-order valence-electron chi connectivity index (χ1n) is 5.46. The summed E-state index contributed by atoms with van der Waals surface area (Å²) in [6.07, 6.45) is 0. The summed E-state index contributed by atoms with van der Waals surface area (Å²) in [7, 11) is 0. The molecule has 0 bridgehead atoms. The third-order valence-corrected chi connectivity index (χ3v) is 2.50. The second-order valence-corrected chi connectivity index (χ2v) is 3.81. The molecule has 1 aromatic heterocycles. The molecule has 0 saturated heterocycles. The van der Waals surface area contributed by atoms with E-state index in [0.717, 1.165) is 0 Å². The maximum atomic E-state index is 13.4. The van der Waals surface area contributed by atoms with E-state index >= 15 is 0 Å². The average Bonchev–Trinajstić information content (AvgIpc) is 2.37. The maximum Gasteiger partial charge on any atom is 0.311 e. The molecule has 2 rings (SSSR count). The van der Waals surface area contributed by atoms with E-state index in [4.69, 9.17) is 5.73 Å². The Labute approximate surface area is 108 Å². The van der Waals surface area contributed by atoms with Crippen LogP contribution >= 0.6 is 0 Å². The van der Waals surface area contributed by atoms with Gasteiger partial charge in [-0.05, 0) is 12.1 Å². The lowest BCUT2D eigenvalue weighted by Gasteiger charge is -2.07. The second kappa shape index (κ2) is 5.30. The van der Waals surface area contributed by atoms with Gasteiger partial charge in [-0.2, -0.15) is 0 Å². The van der Waals surface area contributed by atoms with Gasteiger partial charge in [0, 0.05) is 18.2 Å². The molecule has 0 aliphatic heterocycles. The molecular formula is C12H11FN4O2. The van der Waals surface area contributed by atoms with Crippen molar-refractivity contribution in [3.05, 3.63) is 57.9 Å². The summed E-state index contributed by atoms with van der Waals surface area (Å²) in [6, 6.07) is 8.75. The summed E-state index contributed by atoms with van der Waals surface area (Å²) >= 11 is 0. The number of halogens is 1. The zero-order valence-electron chi connectivity index (χ0n) is 9.84. The van der Waals surface area contributed by atoms with Gasteiger partial charge >= 0.3 is 5.69 Å². The minimum Gasteiger partial charge on any atom is -0.384 e. The van der Waals surface area contributed by atoms with Crippen LogP contribution in [0.4, 0.5) is 21.7 Å². The van der Waals surface area contributed by atoms with E-state index in [2.05, 4.69) is 10.3 Å². The molecule has 6 nitrogen and oxygen atoms in total. The van der Waals surface area contributed by atoms with Crippen LogP contribution in [0.25, 0.3) is 0 Å². The molecule has 0 atom stereocenters. The predicted molar refractivity (Wildman–Crippen MR) is 69.0 cm³/mol. The first kappa shape index (κ1) is 12.7. The predicted octanol–water partition coefficient (Wildman–Crippen LogP) is 2.32. The molecule has 1 aromatic carbocycles. The first-order chi connectivity index (χ1) is 9.08. The molecule has 0 saturated carbocycles. The van der Waals surface area contributed by atoms with Crippen LogP contribution in [0.3, 0.4) is 0 Å². The minimum atomic E-state index is -0.573. The highest BCUT2D eigenvalue weighted by atomic mass is 19.1. The van der Waals surface area contributed by atoms with E-state index in [0.29, 0.717) is 5.56 Å². The third kappa shape index (κ3) is 2.95. The fourth-order valence-electron chi connectivity index (χ4n) is 1.57. The highest BCUT2D eigenvalue weighted by Gasteiger charge is 2.15. The fourth-order valence-corrected chi connectivity index (χ4v) is 1.57. The van der Waals surface area contributed by atoms with Gasteiger partial charge in [-0.25, -0.2) is 9.37 Å². The number of rotatable bonds is 4. The van der Waals surface area contributed by atoms with E-state index < -0.39 is 4.92 Å². The summed E-state index contributed by atoms with van der Waals surface area (Å²) in [5.41, 5.74) is 5.67. The Morgan fingerprint density at radius 2 is 2.05 bits per heavy atom. The largest absolute Gasteiger partial charge is 0.384 e. The van der Waals surface area contributed by atoms with Crippen molar-refractivity contribution in [3.8, 4) is 0 Å². The summed E-state index contributed by atoms with van der Waals surface area (Å²) in [5, 5.41) is 13.5. The number of pyridine rings is 1. The Bertz CT molecular complexity index is 618. The van der Waals surface area contributed by atoms with E-state index in [1.54, 1.807) is 18.2 Å². The van der Waals surface area contributed by atoms with Gasteiger partial charge in [0.15, 0.2) is 0 Å². The lowest BCUT2D eigenvalue weighted by atomic mass is 10.2. The van der Waals surface area contributed by atoms with Crippen molar-refractivity contribution in [2.24, 2.45) is 0 Å². The number of nitrogens with zero attached hydrogens (tertiary/aromatic N) is 2. The summed E-state index contributed by atoms with van der Waals surface area (Å²) < 4.78 is 13.4. The van der Waals surface area contributed by atoms with Crippen LogP contribution in [0.15, 0.2) is 36.4 Å². The summed E-state index contributed by atoms with van der Waals surface area (Å²) in [4.78, 5) is 14.1. The van der Waals surface area contributed by atoms with Crippen molar-refractivity contribution in [2.75, 3.05) is 11.1 Å². The Morgan fingerprint density at radius 3 is 2.74 bits per heavy atom. The SMILES string of the molecule is Nc1ccc([N+](=O)[O-])c(NCc2ccccc2F)n1. The zero-order valence-corrected chi connectivity index (χ0v) is 9.84. The second-order valence-electron chi connectivity index (χ2n) is 3.81. The first-order valence-corrected chi connectivity index (χ1v) is 5.46. The number of nitrogens with one attached hydrogen (secondary N) is 1. The zero-order chi connectivity index (χ0) is 13.8. The van der Waals surface area contributed by atoms with Crippen LogP contribution in [0.5, 0.6) is 0 Å². The number of nitro groups is 1. The van der Waals surface area contributed by atoms with E-state index in [1.807, 2.05) is 0 Å². The molecule has 19 heavy (non-hydrogen) atoms. The van der Waals surface area contributed by atoms with Crippen LogP contribution in [0.1, 0.15) is 5.56 Å². The molecule has 0 fully saturated rings. The quantitative estimate of drug-likeness (QED) is 0.651. The molecule has 98 valence electrons. The smallest absolute Gasteiger partial charge is 0.311 e. The topological polar surface area (TPSA) is 94.1 Å². The molecule has 0 aliphatic rings. The maximum absolute atomic E-state index is 13.4. The molecule has 7 heteroatoms. The van der Waals surface area contributed by atoms with Gasteiger partial charge in [-0.1, -0.05) is 18.2 Å². The third-order valence-electron chi connectivity index (χ3n) is 2.50. The average molecular weight is 262 g/mol. The molecule has 0 aliphatic carbocycles. The molecule has 0 spiro atoms. The van der Waals surface area contributed by atoms with E-state index in [9.17, 15) is 14.5 Å². The normalized spacial score (nSPS) is 10.2. The van der Waals surface area contributed by atoms with Gasteiger partial charge in [-0.3, -0.25) is 10.1 Å². The molecule has 1 heterocycles. The molecule has 0 unspecified atom stereocenters. The number of benzene rings is 1. The number of anilines is 2. The van der Waals surface area contributed by atoms with Crippen molar-refractivity contribution >= 4 is 17.3 Å². The number of hydrogen-bond donors (Lipinski definition) is 2. The van der Waals surface area contributed by atoms with Gasteiger partial charge in [0.05, 0.1) is 4.92 Å². The number of nitrogen functional groups attached to an aromatic ring is 1. The van der Waals surface area contributed by atoms with Gasteiger partial charge in [0.25, 0.3) is 0 Å². The van der Waals surface area contributed by atoms with Crippen LogP contribution in [-0.4, -0.2) is 9.91 Å². The Balaban J connectivity index is 2.22. The minimum absolute atomic E-state index is 0.0215. The highest BCUT2D eigenvalue weighted by Crippen LogP contribution is 2.23. The van der Waals surface area contributed by atoms with Crippen molar-refractivity contribution in [1.29, 1.82) is 0 Å². The van der Waals surface area contributed by atoms with Crippen molar-refractivity contribution in [1.82, 2.24) is 4.98 Å². The van der Waals surface area contributed by atoms with Crippen LogP contribution in [0, 0.1) is 15.9 Å². The summed E-state index contributed by atoms with van der Waals surface area (Å²) in [6.45, 7) is 0.0873. The van der Waals surface area contributed by atoms with Crippen LogP contribution in [0.2, 0.25) is 0 Å². The van der Waals surface area contributed by atoms with Crippen LogP contribution < -0.4 is 11.1 Å². The fraction of sp³-hybridized carbons (Fsp3) is 0.0833. The number of aromatic nitrogens is 1. The van der Waals surface area contributed by atoms with Gasteiger partial charge in [0.1, 0.15) is 11.6 Å². The van der Waals surface area contributed by atoms with Crippen molar-refractivity contribution < 1.29 is 9.31 Å². The van der Waals surface area contributed by atoms with Crippen LogP contribution in [-0.2, 0) is 6.54 Å². The van der Waals surface area contributed by atoms with Gasteiger partial charge in [-0.15, -0.1) is 0 Å². The van der Waals surface area contributed by atoms with E-state index in [1.165, 1.54) is 18.2 Å². The van der Waals surface area contributed by atoms with Gasteiger partial charge < -0.3 is 11.1 Å². The molecule has 3 N–H and O–H groups in total.